The molecule has 0 spiro atoms. The van der Waals surface area contributed by atoms with Crippen LogP contribution in [0.5, 0.6) is 0 Å². The van der Waals surface area contributed by atoms with E-state index in [-0.39, 0.29) is 15.6 Å². The zero-order valence-electron chi connectivity index (χ0n) is 13.5. The number of rotatable bonds is 7. The molecule has 0 saturated heterocycles. The average molecular weight is 435 g/mol. The lowest BCUT2D eigenvalue weighted by Crippen LogP contribution is -2.32. The minimum atomic E-state index is -4.02. The smallest absolute Gasteiger partial charge is 0.321 e. The fraction of sp³-hybridized carbons (Fsp3) is 0.125. The summed E-state index contributed by atoms with van der Waals surface area (Å²) in [4.78, 5) is 23.2. The Labute approximate surface area is 164 Å². The van der Waals surface area contributed by atoms with Crippen LogP contribution in [0.25, 0.3) is 0 Å². The Balaban J connectivity index is 1.82. The van der Waals surface area contributed by atoms with Crippen molar-refractivity contribution in [1.82, 2.24) is 4.72 Å². The highest BCUT2D eigenvalue weighted by Gasteiger charge is 2.17. The molecule has 2 N–H and O–H groups in total. The first-order valence-electron chi connectivity index (χ1n) is 7.33. The molecule has 0 heterocycles. The molecule has 144 valence electrons. The number of amides is 1. The van der Waals surface area contributed by atoms with E-state index in [1.165, 1.54) is 18.2 Å². The summed E-state index contributed by atoms with van der Waals surface area (Å²) < 4.78 is 43.4. The molecule has 2 aromatic carbocycles. The molecule has 1 amide bonds. The number of halogens is 3. The molecule has 11 heteroatoms. The van der Waals surface area contributed by atoms with Crippen LogP contribution in [-0.4, -0.2) is 33.4 Å². The van der Waals surface area contributed by atoms with Gasteiger partial charge in [0.05, 0.1) is 15.6 Å². The SMILES string of the molecule is O=C(COC(=O)CNS(=O)(=O)c1ccc(F)cc1)Nc1cc(Cl)ccc1Cl. The highest BCUT2D eigenvalue weighted by atomic mass is 35.5. The van der Waals surface area contributed by atoms with Gasteiger partial charge in [-0.1, -0.05) is 23.2 Å². The molecule has 0 aromatic heterocycles. The predicted octanol–water partition coefficient (Wildman–Crippen LogP) is 2.59. The third kappa shape index (κ3) is 6.47. The minimum Gasteiger partial charge on any atom is -0.455 e. The van der Waals surface area contributed by atoms with Gasteiger partial charge in [-0.2, -0.15) is 4.72 Å². The van der Waals surface area contributed by atoms with Crippen LogP contribution in [-0.2, 0) is 24.3 Å². The van der Waals surface area contributed by atoms with Gasteiger partial charge in [-0.15, -0.1) is 0 Å². The van der Waals surface area contributed by atoms with E-state index >= 15 is 0 Å². The summed E-state index contributed by atoms with van der Waals surface area (Å²) in [5.74, 6) is -2.26. The minimum absolute atomic E-state index is 0.218. The second-order valence-corrected chi connectivity index (χ2v) is 7.72. The maximum atomic E-state index is 12.8. The number of nitrogens with one attached hydrogen (secondary N) is 2. The van der Waals surface area contributed by atoms with Crippen LogP contribution in [0.3, 0.4) is 0 Å². The fourth-order valence-electron chi connectivity index (χ4n) is 1.83. The number of hydrogen-bond acceptors (Lipinski definition) is 5. The zero-order valence-corrected chi connectivity index (χ0v) is 15.9. The normalized spacial score (nSPS) is 11.1. The third-order valence-electron chi connectivity index (χ3n) is 3.10. The van der Waals surface area contributed by atoms with Crippen molar-refractivity contribution in [3.05, 3.63) is 58.3 Å². The quantitative estimate of drug-likeness (QED) is 0.652. The number of esters is 1. The van der Waals surface area contributed by atoms with Gasteiger partial charge in [-0.05, 0) is 42.5 Å². The van der Waals surface area contributed by atoms with Gasteiger partial charge in [0.1, 0.15) is 12.4 Å². The lowest BCUT2D eigenvalue weighted by Gasteiger charge is -2.09. The van der Waals surface area contributed by atoms with Gasteiger partial charge in [-0.25, -0.2) is 12.8 Å². The molecule has 0 aliphatic carbocycles. The number of carbonyl (C=O) groups is 2. The first-order valence-corrected chi connectivity index (χ1v) is 9.57. The van der Waals surface area contributed by atoms with Gasteiger partial charge in [0.25, 0.3) is 5.91 Å². The Morgan fingerprint density at radius 3 is 2.41 bits per heavy atom. The average Bonchev–Trinajstić information content (AvgIpc) is 2.62. The Hall–Kier alpha value is -2.20. The number of anilines is 1. The van der Waals surface area contributed by atoms with Crippen molar-refractivity contribution in [1.29, 1.82) is 0 Å². The summed E-state index contributed by atoms with van der Waals surface area (Å²) in [5, 5.41) is 2.99. The molecule has 0 bridgehead atoms. The fourth-order valence-corrected chi connectivity index (χ4v) is 3.13. The second-order valence-electron chi connectivity index (χ2n) is 5.11. The van der Waals surface area contributed by atoms with Crippen molar-refractivity contribution in [2.24, 2.45) is 0 Å². The van der Waals surface area contributed by atoms with Crippen molar-refractivity contribution < 1.29 is 27.1 Å². The molecule has 2 aromatic rings. The van der Waals surface area contributed by atoms with E-state index in [0.29, 0.717) is 5.02 Å². The summed E-state index contributed by atoms with van der Waals surface area (Å²) in [6.07, 6.45) is 0. The van der Waals surface area contributed by atoms with Gasteiger partial charge in [0.15, 0.2) is 6.61 Å². The Bertz CT molecular complexity index is 952. The standard InChI is InChI=1S/C16H13Cl2FN2O5S/c17-10-1-6-13(18)14(7-10)21-15(22)9-26-16(23)8-20-27(24,25)12-4-2-11(19)3-5-12/h1-7,20H,8-9H2,(H,21,22). The lowest BCUT2D eigenvalue weighted by molar-refractivity contribution is -0.146. The van der Waals surface area contributed by atoms with Gasteiger partial charge >= 0.3 is 5.97 Å². The van der Waals surface area contributed by atoms with E-state index < -0.39 is 40.9 Å². The number of benzene rings is 2. The van der Waals surface area contributed by atoms with Crippen LogP contribution in [0.2, 0.25) is 10.0 Å². The Morgan fingerprint density at radius 1 is 1.07 bits per heavy atom. The van der Waals surface area contributed by atoms with Gasteiger partial charge in [0.2, 0.25) is 10.0 Å². The summed E-state index contributed by atoms with van der Waals surface area (Å²) in [5.41, 5.74) is 0.238. The number of sulfonamides is 1. The van der Waals surface area contributed by atoms with Crippen molar-refractivity contribution in [3.63, 3.8) is 0 Å². The molecule has 0 unspecified atom stereocenters. The molecule has 0 atom stereocenters. The number of ether oxygens (including phenoxy) is 1. The maximum absolute atomic E-state index is 12.8. The molecule has 0 aliphatic rings. The van der Waals surface area contributed by atoms with Crippen LogP contribution in [0.1, 0.15) is 0 Å². The molecule has 7 nitrogen and oxygen atoms in total. The summed E-state index contributed by atoms with van der Waals surface area (Å²) in [7, 11) is -4.02. The monoisotopic (exact) mass is 434 g/mol. The van der Waals surface area contributed by atoms with E-state index in [0.717, 1.165) is 24.3 Å². The molecule has 27 heavy (non-hydrogen) atoms. The van der Waals surface area contributed by atoms with E-state index in [1.807, 2.05) is 4.72 Å². The second kappa shape index (κ2) is 9.14. The Morgan fingerprint density at radius 2 is 1.74 bits per heavy atom. The molecular weight excluding hydrogens is 422 g/mol. The lowest BCUT2D eigenvalue weighted by atomic mass is 10.3. The first-order chi connectivity index (χ1) is 12.7. The summed E-state index contributed by atoms with van der Waals surface area (Å²) in [6.45, 7) is -1.36. The number of carbonyl (C=O) groups excluding carboxylic acids is 2. The first kappa shape index (κ1) is 21.1. The van der Waals surface area contributed by atoms with Crippen LogP contribution in [0, 0.1) is 5.82 Å². The van der Waals surface area contributed by atoms with Crippen molar-refractivity contribution >= 4 is 50.8 Å². The van der Waals surface area contributed by atoms with Crippen molar-refractivity contribution in [2.75, 3.05) is 18.5 Å². The molecule has 2 rings (SSSR count). The van der Waals surface area contributed by atoms with E-state index in [1.54, 1.807) is 0 Å². The van der Waals surface area contributed by atoms with E-state index in [2.05, 4.69) is 10.1 Å². The zero-order chi connectivity index (χ0) is 20.0. The predicted molar refractivity (Wildman–Crippen MR) is 97.6 cm³/mol. The molecule has 0 saturated carbocycles. The van der Waals surface area contributed by atoms with Crippen LogP contribution in [0.15, 0.2) is 47.4 Å². The highest BCUT2D eigenvalue weighted by Crippen LogP contribution is 2.25. The molecule has 0 radical (unpaired) electrons. The topological polar surface area (TPSA) is 102 Å². The van der Waals surface area contributed by atoms with Crippen LogP contribution in [0.4, 0.5) is 10.1 Å². The number of hydrogen-bond donors (Lipinski definition) is 2. The largest absolute Gasteiger partial charge is 0.455 e. The van der Waals surface area contributed by atoms with Crippen LogP contribution >= 0.6 is 23.2 Å². The van der Waals surface area contributed by atoms with Crippen molar-refractivity contribution in [3.8, 4) is 0 Å². The van der Waals surface area contributed by atoms with E-state index in [4.69, 9.17) is 23.2 Å². The summed E-state index contributed by atoms with van der Waals surface area (Å²) >= 11 is 11.7. The van der Waals surface area contributed by atoms with Crippen LogP contribution < -0.4 is 10.0 Å². The maximum Gasteiger partial charge on any atom is 0.321 e. The van der Waals surface area contributed by atoms with Gasteiger partial charge in [0, 0.05) is 5.02 Å². The van der Waals surface area contributed by atoms with E-state index in [9.17, 15) is 22.4 Å². The van der Waals surface area contributed by atoms with Gasteiger partial charge in [-0.3, -0.25) is 9.59 Å². The third-order valence-corrected chi connectivity index (χ3v) is 5.08. The Kier molecular flexibility index (Phi) is 7.14. The van der Waals surface area contributed by atoms with Crippen molar-refractivity contribution in [2.45, 2.75) is 4.90 Å². The molecule has 0 fully saturated rings. The molecular formula is C16H13Cl2FN2O5S. The highest BCUT2D eigenvalue weighted by molar-refractivity contribution is 7.89. The summed E-state index contributed by atoms with van der Waals surface area (Å²) in [6, 6.07) is 8.47. The molecule has 0 aliphatic heterocycles. The van der Waals surface area contributed by atoms with Gasteiger partial charge < -0.3 is 10.1 Å².